The van der Waals surface area contributed by atoms with Crippen molar-refractivity contribution >= 4 is 11.5 Å². The van der Waals surface area contributed by atoms with E-state index in [0.29, 0.717) is 43.1 Å². The molecule has 3 aromatic rings. The van der Waals surface area contributed by atoms with Crippen molar-refractivity contribution < 1.29 is 17.6 Å². The number of aromatic nitrogens is 4. The molecule has 148 valence electrons. The predicted molar refractivity (Wildman–Crippen MR) is 95.3 cm³/mol. The highest BCUT2D eigenvalue weighted by molar-refractivity contribution is 5.60. The maximum Gasteiger partial charge on any atom is 0.401 e. The van der Waals surface area contributed by atoms with Crippen LogP contribution in [0.15, 0.2) is 36.4 Å². The molecule has 3 heterocycles. The zero-order chi connectivity index (χ0) is 19.7. The molecular weight excluding hydrogens is 376 g/mol. The summed E-state index contributed by atoms with van der Waals surface area (Å²) in [5, 5.41) is 15.6. The fraction of sp³-hybridized carbons (Fsp3) is 0.389. The third-order valence-electron chi connectivity index (χ3n) is 4.72. The molecule has 1 fully saturated rings. The highest BCUT2D eigenvalue weighted by atomic mass is 19.4. The second kappa shape index (κ2) is 7.34. The summed E-state index contributed by atoms with van der Waals surface area (Å²) >= 11 is 0. The van der Waals surface area contributed by atoms with Gasteiger partial charge in [-0.3, -0.25) is 4.90 Å². The molecule has 0 radical (unpaired) electrons. The van der Waals surface area contributed by atoms with Crippen LogP contribution in [0.4, 0.5) is 23.4 Å². The Hall–Kier alpha value is -2.75. The van der Waals surface area contributed by atoms with Gasteiger partial charge in [-0.25, -0.2) is 4.39 Å². The van der Waals surface area contributed by atoms with Gasteiger partial charge in [0.05, 0.1) is 12.1 Å². The Morgan fingerprint density at radius 3 is 2.71 bits per heavy atom. The lowest BCUT2D eigenvalue weighted by Gasteiger charge is -2.18. The average Bonchev–Trinajstić information content (AvgIpc) is 3.25. The summed E-state index contributed by atoms with van der Waals surface area (Å²) < 4.78 is 53.0. The Morgan fingerprint density at radius 1 is 1.11 bits per heavy atom. The minimum absolute atomic E-state index is 0.104. The summed E-state index contributed by atoms with van der Waals surface area (Å²) in [6.45, 7) is 0.452. The van der Waals surface area contributed by atoms with E-state index in [1.807, 2.05) is 0 Å². The zero-order valence-corrected chi connectivity index (χ0v) is 14.8. The molecule has 1 aliphatic rings. The molecule has 6 nitrogen and oxygen atoms in total. The number of rotatable bonds is 5. The molecule has 4 rings (SSSR count). The summed E-state index contributed by atoms with van der Waals surface area (Å²) in [5.41, 5.74) is 0.763. The van der Waals surface area contributed by atoms with Crippen LogP contribution in [-0.4, -0.2) is 57.1 Å². The Labute approximate surface area is 158 Å². The van der Waals surface area contributed by atoms with Gasteiger partial charge >= 0.3 is 6.18 Å². The molecule has 0 amide bonds. The van der Waals surface area contributed by atoms with Gasteiger partial charge < -0.3 is 5.32 Å². The number of alkyl halides is 3. The van der Waals surface area contributed by atoms with Gasteiger partial charge in [0.25, 0.3) is 0 Å². The minimum atomic E-state index is -4.17. The van der Waals surface area contributed by atoms with Gasteiger partial charge in [-0.15, -0.1) is 15.3 Å². The second-order valence-electron chi connectivity index (χ2n) is 6.88. The molecule has 1 saturated heterocycles. The largest absolute Gasteiger partial charge is 0.401 e. The van der Waals surface area contributed by atoms with Crippen molar-refractivity contribution in [2.45, 2.75) is 12.6 Å². The van der Waals surface area contributed by atoms with Crippen LogP contribution in [0, 0.1) is 11.7 Å². The van der Waals surface area contributed by atoms with Crippen LogP contribution in [0.5, 0.6) is 0 Å². The predicted octanol–water partition coefficient (Wildman–Crippen LogP) is 3.23. The Bertz CT molecular complexity index is 970. The summed E-state index contributed by atoms with van der Waals surface area (Å²) in [5.74, 6) is 0.493. The number of hydrogen-bond acceptors (Lipinski definition) is 5. The van der Waals surface area contributed by atoms with Crippen LogP contribution in [0.25, 0.3) is 17.0 Å². The van der Waals surface area contributed by atoms with E-state index < -0.39 is 18.5 Å². The Morgan fingerprint density at radius 2 is 1.93 bits per heavy atom. The van der Waals surface area contributed by atoms with Gasteiger partial charge in [-0.1, -0.05) is 12.1 Å². The molecular formula is C18H18F4N6. The van der Waals surface area contributed by atoms with E-state index in [1.165, 1.54) is 15.5 Å². The monoisotopic (exact) mass is 394 g/mol. The van der Waals surface area contributed by atoms with E-state index in [1.54, 1.807) is 30.3 Å². The molecule has 2 aromatic heterocycles. The maximum absolute atomic E-state index is 14.1. The number of nitrogens with one attached hydrogen (secondary N) is 1. The lowest BCUT2D eigenvalue weighted by atomic mass is 10.1. The molecule has 0 aliphatic carbocycles. The van der Waals surface area contributed by atoms with Crippen molar-refractivity contribution in [3.63, 3.8) is 0 Å². The van der Waals surface area contributed by atoms with E-state index in [9.17, 15) is 17.6 Å². The number of benzene rings is 1. The summed E-state index contributed by atoms with van der Waals surface area (Å²) in [6, 6.07) is 9.65. The topological polar surface area (TPSA) is 58.4 Å². The number of nitrogens with zero attached hydrogens (tertiary/aromatic N) is 5. The van der Waals surface area contributed by atoms with Crippen molar-refractivity contribution in [1.29, 1.82) is 0 Å². The molecule has 0 saturated carbocycles. The highest BCUT2D eigenvalue weighted by Gasteiger charge is 2.34. The third-order valence-corrected chi connectivity index (χ3v) is 4.72. The van der Waals surface area contributed by atoms with Gasteiger partial charge in [0.15, 0.2) is 11.5 Å². The van der Waals surface area contributed by atoms with E-state index in [4.69, 9.17) is 0 Å². The number of fused-ring (bicyclic) bond motifs is 1. The summed E-state index contributed by atoms with van der Waals surface area (Å²) in [6.07, 6.45) is -3.48. The van der Waals surface area contributed by atoms with Crippen molar-refractivity contribution in [3.05, 3.63) is 42.2 Å². The fourth-order valence-corrected chi connectivity index (χ4v) is 3.42. The molecule has 28 heavy (non-hydrogen) atoms. The van der Waals surface area contributed by atoms with Gasteiger partial charge in [0.2, 0.25) is 0 Å². The van der Waals surface area contributed by atoms with E-state index in [-0.39, 0.29) is 11.7 Å². The number of halogens is 4. The number of anilines is 1. The lowest BCUT2D eigenvalue weighted by molar-refractivity contribution is -0.143. The molecule has 10 heteroatoms. The molecule has 1 N–H and O–H groups in total. The first kappa shape index (κ1) is 18.6. The van der Waals surface area contributed by atoms with Crippen LogP contribution in [0.2, 0.25) is 0 Å². The van der Waals surface area contributed by atoms with Crippen LogP contribution in [0.1, 0.15) is 6.42 Å². The van der Waals surface area contributed by atoms with Crippen molar-refractivity contribution in [3.8, 4) is 11.4 Å². The van der Waals surface area contributed by atoms with Crippen LogP contribution in [0.3, 0.4) is 0 Å². The Kier molecular flexibility index (Phi) is 4.88. The first-order valence-corrected chi connectivity index (χ1v) is 8.89. The molecule has 0 bridgehead atoms. The first-order valence-electron chi connectivity index (χ1n) is 8.89. The van der Waals surface area contributed by atoms with Gasteiger partial charge in [-0.05, 0) is 43.1 Å². The van der Waals surface area contributed by atoms with E-state index >= 15 is 0 Å². The highest BCUT2D eigenvalue weighted by Crippen LogP contribution is 2.24. The summed E-state index contributed by atoms with van der Waals surface area (Å²) in [4.78, 5) is 1.42. The zero-order valence-electron chi connectivity index (χ0n) is 14.8. The van der Waals surface area contributed by atoms with Crippen molar-refractivity contribution in [2.24, 2.45) is 5.92 Å². The smallest absolute Gasteiger partial charge is 0.368 e. The lowest BCUT2D eigenvalue weighted by Crippen LogP contribution is -2.33. The first-order chi connectivity index (χ1) is 13.4. The third kappa shape index (κ3) is 4.06. The van der Waals surface area contributed by atoms with Crippen molar-refractivity contribution in [2.75, 3.05) is 31.5 Å². The molecule has 1 aliphatic heterocycles. The van der Waals surface area contributed by atoms with Gasteiger partial charge in [0.1, 0.15) is 11.6 Å². The van der Waals surface area contributed by atoms with E-state index in [0.717, 1.165) is 0 Å². The second-order valence-corrected chi connectivity index (χ2v) is 6.88. The summed E-state index contributed by atoms with van der Waals surface area (Å²) in [7, 11) is 0. The van der Waals surface area contributed by atoms with Crippen molar-refractivity contribution in [1.82, 2.24) is 24.7 Å². The standard InChI is InChI=1S/C18H18F4N6/c19-14-4-2-1-3-13(14)17-25-24-16-6-5-15(26-28(16)17)23-9-12-7-8-27(10-12)11-18(20,21)22/h1-6,12H,7-11H2,(H,23,26). The molecule has 0 spiro atoms. The maximum atomic E-state index is 14.1. The fourth-order valence-electron chi connectivity index (χ4n) is 3.42. The normalized spacial score (nSPS) is 18.1. The Balaban J connectivity index is 1.46. The van der Waals surface area contributed by atoms with Gasteiger partial charge in [-0.2, -0.15) is 17.7 Å². The van der Waals surface area contributed by atoms with Gasteiger partial charge in [0, 0.05) is 13.1 Å². The molecule has 1 aromatic carbocycles. The number of hydrogen-bond donors (Lipinski definition) is 1. The van der Waals surface area contributed by atoms with Crippen LogP contribution in [-0.2, 0) is 0 Å². The average molecular weight is 394 g/mol. The molecule has 1 atom stereocenters. The van der Waals surface area contributed by atoms with Crippen LogP contribution >= 0.6 is 0 Å². The minimum Gasteiger partial charge on any atom is -0.368 e. The number of likely N-dealkylation sites (tertiary alicyclic amines) is 1. The molecule has 1 unspecified atom stereocenters. The van der Waals surface area contributed by atoms with E-state index in [2.05, 4.69) is 20.6 Å². The quantitative estimate of drug-likeness (QED) is 0.674. The van der Waals surface area contributed by atoms with Crippen LogP contribution < -0.4 is 5.32 Å². The SMILES string of the molecule is Fc1ccccc1-c1nnc2ccc(NCC3CCN(CC(F)(F)F)C3)nn12.